The zero-order chi connectivity index (χ0) is 18.4. The maximum absolute atomic E-state index is 12.3. The van der Waals surface area contributed by atoms with E-state index in [1.54, 1.807) is 6.07 Å². The molecule has 5 nitrogen and oxygen atoms in total. The molecule has 1 fully saturated rings. The largest absolute Gasteiger partial charge is 0.384 e. The summed E-state index contributed by atoms with van der Waals surface area (Å²) >= 11 is 0. The molecule has 140 valence electrons. The van der Waals surface area contributed by atoms with Crippen molar-refractivity contribution in [2.75, 3.05) is 25.0 Å². The summed E-state index contributed by atoms with van der Waals surface area (Å²) in [4.78, 5) is 14.2. The van der Waals surface area contributed by atoms with Crippen LogP contribution in [0.25, 0.3) is 0 Å². The van der Waals surface area contributed by atoms with Gasteiger partial charge in [0.25, 0.3) is 5.91 Å². The van der Waals surface area contributed by atoms with Crippen LogP contribution >= 0.6 is 12.4 Å². The van der Waals surface area contributed by atoms with Crippen LogP contribution in [-0.4, -0.2) is 36.3 Å². The average molecular weight is 383 g/mol. The maximum Gasteiger partial charge on any atom is 0.253 e. The van der Waals surface area contributed by atoms with Crippen molar-refractivity contribution in [1.29, 1.82) is 5.41 Å². The molecule has 1 aliphatic rings. The summed E-state index contributed by atoms with van der Waals surface area (Å²) in [6.45, 7) is 2.20. The van der Waals surface area contributed by atoms with Gasteiger partial charge in [0, 0.05) is 35.5 Å². The maximum atomic E-state index is 12.3. The molecule has 0 aromatic heterocycles. The molecule has 27 heavy (non-hydrogen) atoms. The van der Waals surface area contributed by atoms with E-state index >= 15 is 0 Å². The number of halogens is 1. The number of amides is 1. The van der Waals surface area contributed by atoms with Gasteiger partial charge in [-0.05, 0) is 49.2 Å². The second kappa shape index (κ2) is 9.65. The van der Waals surface area contributed by atoms with Crippen LogP contribution in [0.5, 0.6) is 0 Å². The van der Waals surface area contributed by atoms with Gasteiger partial charge in [-0.15, -0.1) is 12.4 Å². The number of carbonyl (C=O) groups excluding carboxylic acids is 1. The van der Waals surface area contributed by atoms with Crippen molar-refractivity contribution in [3.8, 4) is 11.8 Å². The summed E-state index contributed by atoms with van der Waals surface area (Å²) in [5, 5.41) is 10.6. The highest BCUT2D eigenvalue weighted by atomic mass is 35.5. The number of nitrogen functional groups attached to an aromatic ring is 1. The second-order valence-electron chi connectivity index (χ2n) is 6.23. The van der Waals surface area contributed by atoms with Crippen molar-refractivity contribution >= 4 is 29.8 Å². The Balaban J connectivity index is 0.00000261. The Labute approximate surface area is 165 Å². The van der Waals surface area contributed by atoms with Crippen molar-refractivity contribution in [3.05, 3.63) is 65.2 Å². The van der Waals surface area contributed by atoms with E-state index in [-0.39, 0.29) is 24.1 Å². The molecule has 0 atom stereocenters. The standard InChI is InChI=1S/C21H22N4O.ClH/c22-20(23)18-6-3-7-19(15-18)24-12-4-5-16-8-10-17(11-9-16)21(26)25-13-1-2-14-25;/h3,6-11,15,24H,1-2,12-14H2,(H3,22,23);1H. The number of nitrogens with two attached hydrogens (primary N) is 1. The van der Waals surface area contributed by atoms with E-state index in [1.807, 2.05) is 47.4 Å². The molecule has 1 saturated heterocycles. The Bertz CT molecular complexity index is 862. The summed E-state index contributed by atoms with van der Waals surface area (Å²) in [6, 6.07) is 14.8. The van der Waals surface area contributed by atoms with Crippen molar-refractivity contribution < 1.29 is 4.79 Å². The van der Waals surface area contributed by atoms with Crippen molar-refractivity contribution in [2.45, 2.75) is 12.8 Å². The number of hydrogen-bond donors (Lipinski definition) is 3. The van der Waals surface area contributed by atoms with Gasteiger partial charge >= 0.3 is 0 Å². The summed E-state index contributed by atoms with van der Waals surface area (Å²) in [5.74, 6) is 6.30. The van der Waals surface area contributed by atoms with Gasteiger partial charge < -0.3 is 16.0 Å². The van der Waals surface area contributed by atoms with Crippen LogP contribution < -0.4 is 11.1 Å². The van der Waals surface area contributed by atoms with E-state index in [0.29, 0.717) is 12.1 Å². The molecule has 1 amide bonds. The lowest BCUT2D eigenvalue weighted by Crippen LogP contribution is -2.27. The molecule has 0 saturated carbocycles. The average Bonchev–Trinajstić information content (AvgIpc) is 3.20. The van der Waals surface area contributed by atoms with Gasteiger partial charge in [0.15, 0.2) is 0 Å². The highest BCUT2D eigenvalue weighted by molar-refractivity contribution is 5.96. The molecule has 0 unspecified atom stereocenters. The number of amidine groups is 1. The molecule has 0 spiro atoms. The topological polar surface area (TPSA) is 82.2 Å². The fourth-order valence-corrected chi connectivity index (χ4v) is 2.89. The monoisotopic (exact) mass is 382 g/mol. The Morgan fingerprint density at radius 3 is 2.48 bits per heavy atom. The summed E-state index contributed by atoms with van der Waals surface area (Å²) in [6.07, 6.45) is 2.19. The second-order valence-corrected chi connectivity index (χ2v) is 6.23. The Kier molecular flexibility index (Phi) is 7.27. The molecule has 4 N–H and O–H groups in total. The number of nitrogens with zero attached hydrogens (tertiary/aromatic N) is 1. The molecule has 2 aromatic rings. The number of carbonyl (C=O) groups is 1. The van der Waals surface area contributed by atoms with E-state index in [1.165, 1.54) is 0 Å². The molecule has 6 heteroatoms. The summed E-state index contributed by atoms with van der Waals surface area (Å²) in [5.41, 5.74) is 8.64. The minimum Gasteiger partial charge on any atom is -0.384 e. The van der Waals surface area contributed by atoms with Crippen molar-refractivity contribution in [1.82, 2.24) is 4.90 Å². The molecule has 2 aromatic carbocycles. The van der Waals surface area contributed by atoms with Gasteiger partial charge in [-0.25, -0.2) is 0 Å². The zero-order valence-electron chi connectivity index (χ0n) is 15.0. The minimum absolute atomic E-state index is 0. The molecular weight excluding hydrogens is 360 g/mol. The molecule has 0 bridgehead atoms. The molecule has 3 rings (SSSR count). The summed E-state index contributed by atoms with van der Waals surface area (Å²) < 4.78 is 0. The third-order valence-corrected chi connectivity index (χ3v) is 4.31. The van der Waals surface area contributed by atoms with Gasteiger partial charge in [-0.3, -0.25) is 10.2 Å². The highest BCUT2D eigenvalue weighted by Crippen LogP contribution is 2.13. The van der Waals surface area contributed by atoms with E-state index in [0.717, 1.165) is 42.7 Å². The Hall–Kier alpha value is -2.97. The van der Waals surface area contributed by atoms with Crippen LogP contribution in [0, 0.1) is 17.3 Å². The van der Waals surface area contributed by atoms with Gasteiger partial charge in [-0.1, -0.05) is 24.0 Å². The van der Waals surface area contributed by atoms with Crippen LogP contribution in [0.3, 0.4) is 0 Å². The molecule has 1 heterocycles. The van der Waals surface area contributed by atoms with E-state index < -0.39 is 0 Å². The predicted molar refractivity (Wildman–Crippen MR) is 112 cm³/mol. The van der Waals surface area contributed by atoms with Gasteiger partial charge in [-0.2, -0.15) is 0 Å². The minimum atomic E-state index is 0. The predicted octanol–water partition coefficient (Wildman–Crippen LogP) is 3.09. The van der Waals surface area contributed by atoms with Crippen LogP contribution in [0.1, 0.15) is 34.3 Å². The first-order valence-electron chi connectivity index (χ1n) is 8.70. The zero-order valence-corrected chi connectivity index (χ0v) is 15.8. The number of anilines is 1. The van der Waals surface area contributed by atoms with E-state index in [2.05, 4.69) is 17.2 Å². The molecule has 0 radical (unpaired) electrons. The van der Waals surface area contributed by atoms with E-state index in [9.17, 15) is 4.79 Å². The lowest BCUT2D eigenvalue weighted by atomic mass is 10.1. The molecule has 1 aliphatic heterocycles. The third-order valence-electron chi connectivity index (χ3n) is 4.31. The van der Waals surface area contributed by atoms with Crippen LogP contribution in [0.4, 0.5) is 5.69 Å². The Morgan fingerprint density at radius 1 is 1.11 bits per heavy atom. The molecule has 0 aliphatic carbocycles. The number of likely N-dealkylation sites (tertiary alicyclic amines) is 1. The number of nitrogens with one attached hydrogen (secondary N) is 2. The number of benzene rings is 2. The Morgan fingerprint density at radius 2 is 1.81 bits per heavy atom. The fraction of sp³-hybridized carbons (Fsp3) is 0.238. The first-order valence-corrected chi connectivity index (χ1v) is 8.70. The van der Waals surface area contributed by atoms with E-state index in [4.69, 9.17) is 11.1 Å². The normalized spacial score (nSPS) is 12.5. The number of rotatable bonds is 4. The lowest BCUT2D eigenvalue weighted by Gasteiger charge is -2.14. The summed E-state index contributed by atoms with van der Waals surface area (Å²) in [7, 11) is 0. The van der Waals surface area contributed by atoms with Gasteiger partial charge in [0.05, 0.1) is 6.54 Å². The lowest BCUT2D eigenvalue weighted by molar-refractivity contribution is 0.0793. The van der Waals surface area contributed by atoms with Gasteiger partial charge in [0.1, 0.15) is 5.84 Å². The highest BCUT2D eigenvalue weighted by Gasteiger charge is 2.18. The first kappa shape index (κ1) is 20.3. The fourth-order valence-electron chi connectivity index (χ4n) is 2.89. The third kappa shape index (κ3) is 5.50. The smallest absolute Gasteiger partial charge is 0.253 e. The molecular formula is C21H23ClN4O. The van der Waals surface area contributed by atoms with Crippen LogP contribution in [0.2, 0.25) is 0 Å². The first-order chi connectivity index (χ1) is 12.6. The van der Waals surface area contributed by atoms with Crippen LogP contribution in [-0.2, 0) is 0 Å². The quantitative estimate of drug-likeness (QED) is 0.431. The van der Waals surface area contributed by atoms with Crippen molar-refractivity contribution in [3.63, 3.8) is 0 Å². The number of hydrogen-bond acceptors (Lipinski definition) is 3. The van der Waals surface area contributed by atoms with Crippen molar-refractivity contribution in [2.24, 2.45) is 5.73 Å². The van der Waals surface area contributed by atoms with Crippen LogP contribution in [0.15, 0.2) is 48.5 Å². The SMILES string of the molecule is Cl.N=C(N)c1cccc(NCC#Cc2ccc(C(=O)N3CCCC3)cc2)c1. The van der Waals surface area contributed by atoms with Gasteiger partial charge in [0.2, 0.25) is 0 Å².